The van der Waals surface area contributed by atoms with Crippen molar-refractivity contribution in [2.75, 3.05) is 0 Å². The Hall–Kier alpha value is -0.820. The van der Waals surface area contributed by atoms with Gasteiger partial charge in [0, 0.05) is 0 Å². The summed E-state index contributed by atoms with van der Waals surface area (Å²) in [6.45, 7) is 8.43. The molecule has 0 unspecified atom stereocenters. The van der Waals surface area contributed by atoms with Crippen LogP contribution in [0.2, 0.25) is 0 Å². The molecule has 78 valence electrons. The number of benzene rings is 1. The molecule has 0 aromatic heterocycles. The van der Waals surface area contributed by atoms with E-state index in [2.05, 4.69) is 45.0 Å². The normalized spacial score (nSPS) is 14.1. The first-order valence-electron chi connectivity index (χ1n) is 5.17. The summed E-state index contributed by atoms with van der Waals surface area (Å²) in [7, 11) is 0. The summed E-state index contributed by atoms with van der Waals surface area (Å²) >= 11 is 0. The van der Waals surface area contributed by atoms with Crippen LogP contribution < -0.4 is 0 Å². The molecule has 0 bridgehead atoms. The van der Waals surface area contributed by atoms with E-state index in [9.17, 15) is 5.11 Å². The van der Waals surface area contributed by atoms with E-state index in [1.807, 2.05) is 6.92 Å². The van der Waals surface area contributed by atoms with Gasteiger partial charge in [0.1, 0.15) is 0 Å². The van der Waals surface area contributed by atoms with E-state index in [1.165, 1.54) is 11.1 Å². The molecule has 0 saturated heterocycles. The van der Waals surface area contributed by atoms with E-state index in [0.29, 0.717) is 0 Å². The van der Waals surface area contributed by atoms with E-state index < -0.39 is 0 Å². The monoisotopic (exact) mass is 192 g/mol. The van der Waals surface area contributed by atoms with Crippen LogP contribution in [0.3, 0.4) is 0 Å². The zero-order valence-corrected chi connectivity index (χ0v) is 9.54. The highest BCUT2D eigenvalue weighted by Gasteiger charge is 2.13. The molecule has 1 rings (SSSR count). The molecule has 0 aliphatic carbocycles. The van der Waals surface area contributed by atoms with Crippen LogP contribution in [-0.2, 0) is 11.8 Å². The molecule has 0 aliphatic rings. The summed E-state index contributed by atoms with van der Waals surface area (Å²) in [4.78, 5) is 0. The predicted octanol–water partition coefficient (Wildman–Crippen LogP) is 2.91. The van der Waals surface area contributed by atoms with Gasteiger partial charge in [0.25, 0.3) is 0 Å². The summed E-state index contributed by atoms with van der Waals surface area (Å²) < 4.78 is 0. The van der Waals surface area contributed by atoms with Crippen LogP contribution in [0.15, 0.2) is 24.3 Å². The minimum atomic E-state index is -0.259. The fourth-order valence-corrected chi connectivity index (χ4v) is 1.51. The van der Waals surface area contributed by atoms with E-state index in [-0.39, 0.29) is 11.5 Å². The summed E-state index contributed by atoms with van der Waals surface area (Å²) in [6.07, 6.45) is 0.481. The smallest absolute Gasteiger partial charge is 0.0552 e. The van der Waals surface area contributed by atoms with Crippen molar-refractivity contribution in [3.8, 4) is 0 Å². The summed E-state index contributed by atoms with van der Waals surface area (Å²) in [6, 6.07) is 8.47. The molecule has 0 fully saturated rings. The van der Waals surface area contributed by atoms with Gasteiger partial charge in [-0.05, 0) is 29.9 Å². The molecule has 1 heteroatoms. The van der Waals surface area contributed by atoms with Crippen LogP contribution in [0.25, 0.3) is 0 Å². The SMILES string of the molecule is C[C@@H](O)Cc1cccc(C(C)(C)C)c1. The molecule has 1 N–H and O–H groups in total. The Bertz CT molecular complexity index is 294. The van der Waals surface area contributed by atoms with Crippen LogP contribution in [0.4, 0.5) is 0 Å². The van der Waals surface area contributed by atoms with Crippen LogP contribution >= 0.6 is 0 Å². The number of hydrogen-bond acceptors (Lipinski definition) is 1. The van der Waals surface area contributed by atoms with Gasteiger partial charge in [0.15, 0.2) is 0 Å². The molecular formula is C13H20O. The van der Waals surface area contributed by atoms with Crippen molar-refractivity contribution in [1.82, 2.24) is 0 Å². The van der Waals surface area contributed by atoms with Crippen molar-refractivity contribution in [1.29, 1.82) is 0 Å². The van der Waals surface area contributed by atoms with Gasteiger partial charge in [-0.25, -0.2) is 0 Å². The Morgan fingerprint density at radius 3 is 2.43 bits per heavy atom. The molecule has 0 heterocycles. The van der Waals surface area contributed by atoms with E-state index in [4.69, 9.17) is 0 Å². The maximum atomic E-state index is 9.30. The molecule has 1 nitrogen and oxygen atoms in total. The van der Waals surface area contributed by atoms with Crippen molar-refractivity contribution in [2.45, 2.75) is 45.6 Å². The average molecular weight is 192 g/mol. The van der Waals surface area contributed by atoms with Crippen LogP contribution in [0.1, 0.15) is 38.8 Å². The van der Waals surface area contributed by atoms with E-state index >= 15 is 0 Å². The molecule has 1 aromatic carbocycles. The maximum absolute atomic E-state index is 9.30. The predicted molar refractivity (Wildman–Crippen MR) is 60.5 cm³/mol. The summed E-state index contributed by atoms with van der Waals surface area (Å²) in [5, 5.41) is 9.30. The van der Waals surface area contributed by atoms with E-state index in [0.717, 1.165) is 6.42 Å². The zero-order valence-electron chi connectivity index (χ0n) is 9.54. The molecule has 1 atom stereocenters. The Kier molecular flexibility index (Phi) is 3.33. The summed E-state index contributed by atoms with van der Waals surface area (Å²) in [5.74, 6) is 0. The number of aliphatic hydroxyl groups is 1. The second-order valence-corrected chi connectivity index (χ2v) is 5.00. The third-order valence-electron chi connectivity index (χ3n) is 2.32. The van der Waals surface area contributed by atoms with Gasteiger partial charge in [-0.2, -0.15) is 0 Å². The molecule has 0 saturated carbocycles. The molecule has 0 amide bonds. The van der Waals surface area contributed by atoms with Gasteiger partial charge in [0.2, 0.25) is 0 Å². The molecule has 0 aliphatic heterocycles. The number of hydrogen-bond donors (Lipinski definition) is 1. The Labute approximate surface area is 86.8 Å². The van der Waals surface area contributed by atoms with E-state index in [1.54, 1.807) is 0 Å². The quantitative estimate of drug-likeness (QED) is 0.764. The molecule has 1 aromatic rings. The highest BCUT2D eigenvalue weighted by Crippen LogP contribution is 2.23. The lowest BCUT2D eigenvalue weighted by molar-refractivity contribution is 0.195. The highest BCUT2D eigenvalue weighted by molar-refractivity contribution is 5.28. The van der Waals surface area contributed by atoms with Crippen LogP contribution in [-0.4, -0.2) is 11.2 Å². The van der Waals surface area contributed by atoms with Crippen LogP contribution in [0, 0.1) is 0 Å². The highest BCUT2D eigenvalue weighted by atomic mass is 16.3. The largest absolute Gasteiger partial charge is 0.393 e. The Balaban J connectivity index is 2.90. The minimum absolute atomic E-state index is 0.189. The lowest BCUT2D eigenvalue weighted by Crippen LogP contribution is -2.12. The van der Waals surface area contributed by atoms with Crippen molar-refractivity contribution < 1.29 is 5.11 Å². The standard InChI is InChI=1S/C13H20O/c1-10(14)8-11-6-5-7-12(9-11)13(2,3)4/h5-7,9-10,14H,8H2,1-4H3/t10-/m1/s1. The number of aliphatic hydroxyl groups excluding tert-OH is 1. The number of rotatable bonds is 2. The first-order chi connectivity index (χ1) is 6.39. The first kappa shape index (κ1) is 11.3. The van der Waals surface area contributed by atoms with Gasteiger partial charge in [-0.15, -0.1) is 0 Å². The third kappa shape index (κ3) is 3.15. The second kappa shape index (κ2) is 4.14. The second-order valence-electron chi connectivity index (χ2n) is 5.00. The summed E-state index contributed by atoms with van der Waals surface area (Å²) in [5.41, 5.74) is 2.73. The average Bonchev–Trinajstić information content (AvgIpc) is 2.01. The van der Waals surface area contributed by atoms with Gasteiger partial charge >= 0.3 is 0 Å². The fourth-order valence-electron chi connectivity index (χ4n) is 1.51. The third-order valence-corrected chi connectivity index (χ3v) is 2.32. The Morgan fingerprint density at radius 1 is 1.29 bits per heavy atom. The van der Waals surface area contributed by atoms with Crippen molar-refractivity contribution in [3.63, 3.8) is 0 Å². The molecule has 14 heavy (non-hydrogen) atoms. The molecular weight excluding hydrogens is 172 g/mol. The van der Waals surface area contributed by atoms with Gasteiger partial charge in [0.05, 0.1) is 6.10 Å². The van der Waals surface area contributed by atoms with Gasteiger partial charge in [-0.1, -0.05) is 45.0 Å². The molecule has 0 spiro atoms. The zero-order chi connectivity index (χ0) is 10.8. The lowest BCUT2D eigenvalue weighted by atomic mass is 9.86. The van der Waals surface area contributed by atoms with Crippen molar-refractivity contribution >= 4 is 0 Å². The van der Waals surface area contributed by atoms with Crippen LogP contribution in [0.5, 0.6) is 0 Å². The lowest BCUT2D eigenvalue weighted by Gasteiger charge is -2.20. The van der Waals surface area contributed by atoms with Crippen molar-refractivity contribution in [2.24, 2.45) is 0 Å². The van der Waals surface area contributed by atoms with Gasteiger partial charge < -0.3 is 5.11 Å². The fraction of sp³-hybridized carbons (Fsp3) is 0.538. The first-order valence-corrected chi connectivity index (χ1v) is 5.17. The maximum Gasteiger partial charge on any atom is 0.0552 e. The van der Waals surface area contributed by atoms with Crippen molar-refractivity contribution in [3.05, 3.63) is 35.4 Å². The minimum Gasteiger partial charge on any atom is -0.393 e. The molecule has 0 radical (unpaired) electrons. The Morgan fingerprint density at radius 2 is 1.93 bits per heavy atom. The topological polar surface area (TPSA) is 20.2 Å². The van der Waals surface area contributed by atoms with Gasteiger partial charge in [-0.3, -0.25) is 0 Å².